The fourth-order valence-electron chi connectivity index (χ4n) is 3.86. The quantitative estimate of drug-likeness (QED) is 0.717. The molecule has 2 atom stereocenters. The second-order valence-corrected chi connectivity index (χ2v) is 7.88. The Morgan fingerprint density at radius 3 is 2.66 bits per heavy atom. The zero-order chi connectivity index (χ0) is 22.7. The number of ether oxygens (including phenoxy) is 2. The van der Waals surface area contributed by atoms with Crippen LogP contribution in [0, 0.1) is 5.92 Å². The molecule has 2 amide bonds. The molecule has 2 aliphatic rings. The minimum absolute atomic E-state index is 0.0220. The average molecular weight is 448 g/mol. The molecule has 170 valence electrons. The lowest BCUT2D eigenvalue weighted by Crippen LogP contribution is -2.28. The van der Waals surface area contributed by atoms with Crippen molar-refractivity contribution in [2.45, 2.75) is 31.5 Å². The topological polar surface area (TPSA) is 67.9 Å². The van der Waals surface area contributed by atoms with Crippen molar-refractivity contribution < 1.29 is 32.2 Å². The maximum atomic E-state index is 13.2. The van der Waals surface area contributed by atoms with Crippen LogP contribution in [0.25, 0.3) is 0 Å². The van der Waals surface area contributed by atoms with Crippen LogP contribution >= 0.6 is 0 Å². The van der Waals surface area contributed by atoms with E-state index >= 15 is 0 Å². The fraction of sp³-hybridized carbons (Fsp3) is 0.391. The molecular weight excluding hydrogens is 425 g/mol. The summed E-state index contributed by atoms with van der Waals surface area (Å²) in [6.07, 6.45) is -3.01. The van der Waals surface area contributed by atoms with Crippen LogP contribution in [0.1, 0.15) is 24.8 Å². The molecule has 0 spiro atoms. The highest BCUT2D eigenvalue weighted by Gasteiger charge is 2.36. The molecule has 32 heavy (non-hydrogen) atoms. The van der Waals surface area contributed by atoms with Crippen LogP contribution < -0.4 is 15.0 Å². The maximum absolute atomic E-state index is 13.2. The third kappa shape index (κ3) is 5.04. The van der Waals surface area contributed by atoms with E-state index in [0.29, 0.717) is 12.3 Å². The summed E-state index contributed by atoms with van der Waals surface area (Å²) in [5.41, 5.74) is -0.299. The number of carbonyl (C=O) groups is 2. The van der Waals surface area contributed by atoms with Gasteiger partial charge in [0.05, 0.1) is 23.3 Å². The van der Waals surface area contributed by atoms with E-state index in [2.05, 4.69) is 5.32 Å². The van der Waals surface area contributed by atoms with Gasteiger partial charge in [-0.15, -0.1) is 0 Å². The van der Waals surface area contributed by atoms with Crippen LogP contribution in [0.4, 0.5) is 24.5 Å². The number of para-hydroxylation sites is 1. The highest BCUT2D eigenvalue weighted by Crippen LogP contribution is 2.36. The Kier molecular flexibility index (Phi) is 6.36. The molecule has 6 nitrogen and oxygen atoms in total. The smallest absolute Gasteiger partial charge is 0.416 e. The van der Waals surface area contributed by atoms with Crippen molar-refractivity contribution in [1.29, 1.82) is 0 Å². The summed E-state index contributed by atoms with van der Waals surface area (Å²) >= 11 is 0. The van der Waals surface area contributed by atoms with Crippen LogP contribution in [0.5, 0.6) is 5.75 Å². The first-order chi connectivity index (χ1) is 15.3. The van der Waals surface area contributed by atoms with E-state index in [9.17, 15) is 22.8 Å². The predicted octanol–water partition coefficient (Wildman–Crippen LogP) is 4.25. The Bertz CT molecular complexity index is 975. The van der Waals surface area contributed by atoms with E-state index in [1.165, 1.54) is 11.0 Å². The SMILES string of the molecule is O=C(Nc1cc(C(F)(F)F)ccc1OC[C@@H]1CCCO1)[C@@H]1CC(=O)N(c2ccccc2)C1. The van der Waals surface area contributed by atoms with Crippen LogP contribution in [-0.2, 0) is 20.5 Å². The number of nitrogens with one attached hydrogen (secondary N) is 1. The lowest BCUT2D eigenvalue weighted by molar-refractivity contribution is -0.137. The van der Waals surface area contributed by atoms with Gasteiger partial charge in [-0.2, -0.15) is 13.2 Å². The Hall–Kier alpha value is -3.07. The molecule has 9 heteroatoms. The van der Waals surface area contributed by atoms with Gasteiger partial charge in [-0.3, -0.25) is 9.59 Å². The summed E-state index contributed by atoms with van der Waals surface area (Å²) in [5, 5.41) is 2.55. The van der Waals surface area contributed by atoms with Gasteiger partial charge in [0.1, 0.15) is 12.4 Å². The molecule has 2 aromatic rings. The number of hydrogen-bond acceptors (Lipinski definition) is 4. The van der Waals surface area contributed by atoms with Crippen molar-refractivity contribution in [1.82, 2.24) is 0 Å². The Labute approximate surface area is 183 Å². The van der Waals surface area contributed by atoms with Gasteiger partial charge in [-0.05, 0) is 43.2 Å². The van der Waals surface area contributed by atoms with E-state index in [1.807, 2.05) is 6.07 Å². The molecule has 0 saturated carbocycles. The number of halogens is 3. The first-order valence-corrected chi connectivity index (χ1v) is 10.4. The minimum atomic E-state index is -4.57. The number of rotatable bonds is 6. The van der Waals surface area contributed by atoms with Crippen LogP contribution in [0.2, 0.25) is 0 Å². The van der Waals surface area contributed by atoms with Gasteiger partial charge in [0.2, 0.25) is 11.8 Å². The zero-order valence-electron chi connectivity index (χ0n) is 17.2. The van der Waals surface area contributed by atoms with E-state index in [-0.39, 0.29) is 43.0 Å². The zero-order valence-corrected chi connectivity index (χ0v) is 17.2. The van der Waals surface area contributed by atoms with Crippen LogP contribution in [0.15, 0.2) is 48.5 Å². The molecule has 1 N–H and O–H groups in total. The normalized spacial score (nSPS) is 21.1. The molecule has 0 aliphatic carbocycles. The van der Waals surface area contributed by atoms with Gasteiger partial charge in [0, 0.05) is 25.3 Å². The average Bonchev–Trinajstić information content (AvgIpc) is 3.42. The summed E-state index contributed by atoms with van der Waals surface area (Å²) in [5.74, 6) is -1.30. The second kappa shape index (κ2) is 9.20. The largest absolute Gasteiger partial charge is 0.489 e. The molecule has 2 aliphatic heterocycles. The fourth-order valence-corrected chi connectivity index (χ4v) is 3.86. The van der Waals surface area contributed by atoms with Crippen molar-refractivity contribution in [3.63, 3.8) is 0 Å². The number of hydrogen-bond donors (Lipinski definition) is 1. The molecule has 4 rings (SSSR count). The summed E-state index contributed by atoms with van der Waals surface area (Å²) in [4.78, 5) is 26.8. The Balaban J connectivity index is 1.49. The monoisotopic (exact) mass is 448 g/mol. The molecule has 2 aromatic carbocycles. The molecule has 2 fully saturated rings. The highest BCUT2D eigenvalue weighted by molar-refractivity contribution is 6.03. The third-order valence-electron chi connectivity index (χ3n) is 5.58. The predicted molar refractivity (Wildman–Crippen MR) is 111 cm³/mol. The van der Waals surface area contributed by atoms with Crippen molar-refractivity contribution in [3.8, 4) is 5.75 Å². The molecule has 2 saturated heterocycles. The van der Waals surface area contributed by atoms with E-state index in [4.69, 9.17) is 9.47 Å². The lowest BCUT2D eigenvalue weighted by Gasteiger charge is -2.19. The number of alkyl halides is 3. The first-order valence-electron chi connectivity index (χ1n) is 10.4. The first kappa shape index (κ1) is 22.1. The molecular formula is C23H23F3N2O4. The minimum Gasteiger partial charge on any atom is -0.489 e. The second-order valence-electron chi connectivity index (χ2n) is 7.88. The molecule has 0 aromatic heterocycles. The van der Waals surface area contributed by atoms with Gasteiger partial charge >= 0.3 is 6.18 Å². The number of amides is 2. The number of nitrogens with zero attached hydrogens (tertiary/aromatic N) is 1. The summed E-state index contributed by atoms with van der Waals surface area (Å²) in [6.45, 7) is 0.954. The number of anilines is 2. The van der Waals surface area contributed by atoms with Crippen molar-refractivity contribution in [2.75, 3.05) is 30.0 Å². The van der Waals surface area contributed by atoms with Crippen molar-refractivity contribution >= 4 is 23.2 Å². The summed E-state index contributed by atoms with van der Waals surface area (Å²) in [6, 6.07) is 11.9. The number of carbonyl (C=O) groups excluding carboxylic acids is 2. The van der Waals surface area contributed by atoms with E-state index in [1.54, 1.807) is 24.3 Å². The van der Waals surface area contributed by atoms with Crippen molar-refractivity contribution in [3.05, 3.63) is 54.1 Å². The van der Waals surface area contributed by atoms with Gasteiger partial charge in [0.25, 0.3) is 0 Å². The lowest BCUT2D eigenvalue weighted by atomic mass is 10.1. The van der Waals surface area contributed by atoms with Gasteiger partial charge < -0.3 is 19.7 Å². The molecule has 2 heterocycles. The number of benzene rings is 2. The van der Waals surface area contributed by atoms with Crippen LogP contribution in [-0.4, -0.2) is 37.7 Å². The maximum Gasteiger partial charge on any atom is 0.416 e. The molecule has 0 unspecified atom stereocenters. The summed E-state index contributed by atoms with van der Waals surface area (Å²) in [7, 11) is 0. The van der Waals surface area contributed by atoms with Gasteiger partial charge in [-0.25, -0.2) is 0 Å². The third-order valence-corrected chi connectivity index (χ3v) is 5.58. The summed E-state index contributed by atoms with van der Waals surface area (Å²) < 4.78 is 50.9. The van der Waals surface area contributed by atoms with Gasteiger partial charge in [0.15, 0.2) is 0 Å². The van der Waals surface area contributed by atoms with Gasteiger partial charge in [-0.1, -0.05) is 18.2 Å². The highest BCUT2D eigenvalue weighted by atomic mass is 19.4. The molecule has 0 bridgehead atoms. The van der Waals surface area contributed by atoms with Crippen LogP contribution in [0.3, 0.4) is 0 Å². The Morgan fingerprint density at radius 1 is 1.19 bits per heavy atom. The molecule has 0 radical (unpaired) electrons. The van der Waals surface area contributed by atoms with E-state index < -0.39 is 23.6 Å². The van der Waals surface area contributed by atoms with Crippen molar-refractivity contribution in [2.24, 2.45) is 5.92 Å². The van der Waals surface area contributed by atoms with E-state index in [0.717, 1.165) is 25.0 Å². The Morgan fingerprint density at radius 2 is 1.97 bits per heavy atom. The standard InChI is InChI=1S/C23H23F3N2O4/c24-23(25,26)16-8-9-20(32-14-18-7-4-10-31-18)19(12-16)27-22(30)15-11-21(29)28(13-15)17-5-2-1-3-6-17/h1-3,5-6,8-9,12,15,18H,4,7,10-11,13-14H2,(H,27,30)/t15-,18+/m1/s1.